The first kappa shape index (κ1) is 14.2. The molecule has 0 aliphatic carbocycles. The van der Waals surface area contributed by atoms with Gasteiger partial charge in [-0.05, 0) is 45.9 Å². The minimum atomic E-state index is -0.694. The predicted octanol–water partition coefficient (Wildman–Crippen LogP) is 2.26. The number of carbonyl (C=O) groups is 3. The van der Waals surface area contributed by atoms with Crippen molar-refractivity contribution < 1.29 is 19.1 Å². The molecule has 1 aliphatic rings. The van der Waals surface area contributed by atoms with E-state index in [1.807, 2.05) is 27.7 Å². The maximum Gasteiger partial charge on any atom is 0.346 e. The number of esters is 2. The van der Waals surface area contributed by atoms with Crippen LogP contribution in [0.4, 0.5) is 0 Å². The number of rotatable bonds is 3. The van der Waals surface area contributed by atoms with Gasteiger partial charge in [-0.3, -0.25) is 4.79 Å². The van der Waals surface area contributed by atoms with Gasteiger partial charge in [-0.2, -0.15) is 0 Å². The van der Waals surface area contributed by atoms with Crippen molar-refractivity contribution >= 4 is 17.8 Å². The number of ether oxygens (including phenoxy) is 1. The molecule has 0 unspecified atom stereocenters. The van der Waals surface area contributed by atoms with Crippen molar-refractivity contribution in [1.29, 1.82) is 0 Å². The lowest BCUT2D eigenvalue weighted by Crippen LogP contribution is -2.42. The lowest BCUT2D eigenvalue weighted by molar-refractivity contribution is 0.0443. The average Bonchev–Trinajstić information content (AvgIpc) is 2.63. The van der Waals surface area contributed by atoms with Crippen molar-refractivity contribution in [2.45, 2.75) is 39.8 Å². The van der Waals surface area contributed by atoms with Gasteiger partial charge in [0.25, 0.3) is 5.91 Å². The van der Waals surface area contributed by atoms with Crippen LogP contribution >= 0.6 is 0 Å². The Labute approximate surface area is 117 Å². The molecule has 0 aromatic heterocycles. The molecule has 1 heterocycles. The summed E-state index contributed by atoms with van der Waals surface area (Å²) in [5, 5.41) is 0. The van der Waals surface area contributed by atoms with Crippen molar-refractivity contribution in [3.05, 3.63) is 34.9 Å². The highest BCUT2D eigenvalue weighted by Crippen LogP contribution is 2.22. The van der Waals surface area contributed by atoms with Gasteiger partial charge < -0.3 is 9.64 Å². The summed E-state index contributed by atoms with van der Waals surface area (Å²) in [6.45, 7) is 7.73. The first-order chi connectivity index (χ1) is 9.32. The Morgan fingerprint density at radius 1 is 1.00 bits per heavy atom. The molecule has 5 nitrogen and oxygen atoms in total. The van der Waals surface area contributed by atoms with E-state index in [-0.39, 0.29) is 29.1 Å². The molecule has 0 atom stereocenters. The van der Waals surface area contributed by atoms with Gasteiger partial charge in [0, 0.05) is 17.6 Å². The van der Waals surface area contributed by atoms with Gasteiger partial charge in [-0.15, -0.1) is 0 Å². The number of fused-ring (bicyclic) bond motifs is 1. The first-order valence-electron chi connectivity index (χ1n) is 6.56. The van der Waals surface area contributed by atoms with Crippen LogP contribution in [-0.4, -0.2) is 34.8 Å². The largest absolute Gasteiger partial charge is 0.386 e. The van der Waals surface area contributed by atoms with E-state index in [2.05, 4.69) is 4.74 Å². The Kier molecular flexibility index (Phi) is 3.61. The lowest BCUT2D eigenvalue weighted by Gasteiger charge is -2.30. The van der Waals surface area contributed by atoms with E-state index >= 15 is 0 Å². The number of cyclic esters (lactones) is 2. The highest BCUT2D eigenvalue weighted by molar-refractivity contribution is 6.15. The smallest absolute Gasteiger partial charge is 0.346 e. The second-order valence-electron chi connectivity index (χ2n) is 5.34. The van der Waals surface area contributed by atoms with Crippen molar-refractivity contribution in [2.75, 3.05) is 0 Å². The second kappa shape index (κ2) is 5.07. The van der Waals surface area contributed by atoms with Crippen LogP contribution in [0.25, 0.3) is 0 Å². The Hall–Kier alpha value is -2.17. The topological polar surface area (TPSA) is 63.7 Å². The summed E-state index contributed by atoms with van der Waals surface area (Å²) in [4.78, 5) is 37.1. The van der Waals surface area contributed by atoms with Gasteiger partial charge in [0.15, 0.2) is 0 Å². The molecule has 0 fully saturated rings. The summed E-state index contributed by atoms with van der Waals surface area (Å²) >= 11 is 0. The Balaban J connectivity index is 2.40. The summed E-state index contributed by atoms with van der Waals surface area (Å²) < 4.78 is 4.52. The quantitative estimate of drug-likeness (QED) is 0.627. The van der Waals surface area contributed by atoms with Gasteiger partial charge in [0.2, 0.25) is 0 Å². The minimum absolute atomic E-state index is 0.0457. The van der Waals surface area contributed by atoms with E-state index in [0.29, 0.717) is 5.56 Å². The summed E-state index contributed by atoms with van der Waals surface area (Å²) in [6, 6.07) is 4.55. The Morgan fingerprint density at radius 3 is 2.10 bits per heavy atom. The molecule has 5 heteroatoms. The summed E-state index contributed by atoms with van der Waals surface area (Å²) in [5.41, 5.74) is 0.762. The molecule has 106 valence electrons. The maximum atomic E-state index is 12.5. The molecule has 0 bridgehead atoms. The zero-order valence-corrected chi connectivity index (χ0v) is 12.0. The third kappa shape index (κ3) is 2.31. The highest BCUT2D eigenvalue weighted by Gasteiger charge is 2.31. The van der Waals surface area contributed by atoms with Crippen LogP contribution in [0.5, 0.6) is 0 Å². The third-order valence-electron chi connectivity index (χ3n) is 3.24. The summed E-state index contributed by atoms with van der Waals surface area (Å²) in [6.07, 6.45) is 0. The molecule has 1 aromatic carbocycles. The van der Waals surface area contributed by atoms with Gasteiger partial charge in [-0.25, -0.2) is 9.59 Å². The van der Waals surface area contributed by atoms with E-state index in [4.69, 9.17) is 0 Å². The molecule has 1 aromatic rings. The SMILES string of the molecule is CC(C)N(C(=O)c1ccc2c(c1)C(=O)OC2=O)C(C)C. The number of nitrogens with zero attached hydrogens (tertiary/aromatic N) is 1. The first-order valence-corrected chi connectivity index (χ1v) is 6.56. The van der Waals surface area contributed by atoms with Gasteiger partial charge in [0.1, 0.15) is 0 Å². The standard InChI is InChI=1S/C15H17NO4/c1-8(2)16(9(3)4)13(17)10-5-6-11-12(7-10)15(19)20-14(11)18/h5-9H,1-4H3. The van der Waals surface area contributed by atoms with Crippen LogP contribution in [0, 0.1) is 0 Å². The molecule has 0 spiro atoms. The van der Waals surface area contributed by atoms with Crippen molar-refractivity contribution in [2.24, 2.45) is 0 Å². The molecule has 1 aliphatic heterocycles. The van der Waals surface area contributed by atoms with E-state index in [9.17, 15) is 14.4 Å². The van der Waals surface area contributed by atoms with Crippen LogP contribution in [0.3, 0.4) is 0 Å². The zero-order valence-electron chi connectivity index (χ0n) is 12.0. The molecule has 0 N–H and O–H groups in total. The van der Waals surface area contributed by atoms with Crippen molar-refractivity contribution in [3.63, 3.8) is 0 Å². The molecule has 0 radical (unpaired) electrons. The fourth-order valence-electron chi connectivity index (χ4n) is 2.43. The van der Waals surface area contributed by atoms with Gasteiger partial charge >= 0.3 is 11.9 Å². The molecule has 2 rings (SSSR count). The van der Waals surface area contributed by atoms with E-state index in [0.717, 1.165) is 0 Å². The number of amides is 1. The maximum absolute atomic E-state index is 12.5. The van der Waals surface area contributed by atoms with Crippen LogP contribution in [0.1, 0.15) is 58.8 Å². The molecule has 1 amide bonds. The molecule has 0 saturated heterocycles. The van der Waals surface area contributed by atoms with E-state index in [1.165, 1.54) is 12.1 Å². The van der Waals surface area contributed by atoms with Crippen molar-refractivity contribution in [1.82, 2.24) is 4.90 Å². The minimum Gasteiger partial charge on any atom is -0.386 e. The van der Waals surface area contributed by atoms with E-state index < -0.39 is 11.9 Å². The van der Waals surface area contributed by atoms with Crippen LogP contribution in [-0.2, 0) is 4.74 Å². The summed E-state index contributed by atoms with van der Waals surface area (Å²) in [7, 11) is 0. The molecule has 20 heavy (non-hydrogen) atoms. The second-order valence-corrected chi connectivity index (χ2v) is 5.34. The van der Waals surface area contributed by atoms with Gasteiger partial charge in [0.05, 0.1) is 11.1 Å². The van der Waals surface area contributed by atoms with E-state index in [1.54, 1.807) is 11.0 Å². The lowest BCUT2D eigenvalue weighted by atomic mass is 10.0. The van der Waals surface area contributed by atoms with Crippen molar-refractivity contribution in [3.8, 4) is 0 Å². The number of hydrogen-bond donors (Lipinski definition) is 0. The fourth-order valence-corrected chi connectivity index (χ4v) is 2.43. The average molecular weight is 275 g/mol. The number of benzene rings is 1. The fraction of sp³-hybridized carbons (Fsp3) is 0.400. The predicted molar refractivity (Wildman–Crippen MR) is 72.6 cm³/mol. The normalized spacial score (nSPS) is 13.7. The van der Waals surface area contributed by atoms with Gasteiger partial charge in [-0.1, -0.05) is 0 Å². The number of hydrogen-bond acceptors (Lipinski definition) is 4. The monoisotopic (exact) mass is 275 g/mol. The molecular weight excluding hydrogens is 258 g/mol. The summed E-state index contributed by atoms with van der Waals surface area (Å²) in [5.74, 6) is -1.51. The Bertz CT molecular complexity index is 582. The third-order valence-corrected chi connectivity index (χ3v) is 3.24. The number of carbonyl (C=O) groups excluding carboxylic acids is 3. The molecular formula is C15H17NO4. The zero-order chi connectivity index (χ0) is 15.0. The molecule has 0 saturated carbocycles. The Morgan fingerprint density at radius 2 is 1.55 bits per heavy atom. The van der Waals surface area contributed by atoms with Crippen LogP contribution in [0.15, 0.2) is 18.2 Å². The van der Waals surface area contributed by atoms with Crippen LogP contribution < -0.4 is 0 Å². The highest BCUT2D eigenvalue weighted by atomic mass is 16.6. The van der Waals surface area contributed by atoms with Crippen LogP contribution in [0.2, 0.25) is 0 Å².